The Morgan fingerprint density at radius 3 is 2.29 bits per heavy atom. The van der Waals surface area contributed by atoms with Crippen LogP contribution >= 0.6 is 0 Å². The van der Waals surface area contributed by atoms with Crippen LogP contribution in [0.15, 0.2) is 91.1 Å². The second-order valence-corrected chi connectivity index (χ2v) is 12.6. The fraction of sp³-hybridized carbons (Fsp3) is 0.179. The Balaban J connectivity index is 0.00000357. The van der Waals surface area contributed by atoms with Crippen molar-refractivity contribution in [1.29, 1.82) is 0 Å². The zero-order valence-corrected chi connectivity index (χ0v) is 27.7. The van der Waals surface area contributed by atoms with E-state index in [1.165, 1.54) is 22.3 Å². The van der Waals surface area contributed by atoms with Crippen LogP contribution in [0, 0.1) is 26.8 Å². The number of nitrogens with zero attached hydrogens (tertiary/aromatic N) is 3. The molecule has 6 heteroatoms. The molecule has 0 aliphatic carbocycles. The molecule has 0 spiro atoms. The van der Waals surface area contributed by atoms with Crippen LogP contribution in [0.1, 0.15) is 43.0 Å². The van der Waals surface area contributed by atoms with Crippen molar-refractivity contribution in [3.63, 3.8) is 0 Å². The number of aromatic nitrogens is 3. The summed E-state index contributed by atoms with van der Waals surface area (Å²) in [6, 6.07) is 31.9. The minimum Gasteiger partial charge on any atom is -0.506 e. The molecule has 0 saturated carbocycles. The maximum Gasteiger partial charge on any atom is 0.217 e. The summed E-state index contributed by atoms with van der Waals surface area (Å²) in [5.41, 5.74) is 9.42. The molecule has 0 saturated heterocycles. The first-order valence-corrected chi connectivity index (χ1v) is 14.9. The largest absolute Gasteiger partial charge is 0.506 e. The fourth-order valence-corrected chi connectivity index (χ4v) is 6.36. The van der Waals surface area contributed by atoms with Crippen LogP contribution in [0.2, 0.25) is 0 Å². The number of aryl methyl sites for hydroxylation is 3. The van der Waals surface area contributed by atoms with Gasteiger partial charge in [0.1, 0.15) is 17.1 Å². The zero-order chi connectivity index (χ0) is 30.7. The van der Waals surface area contributed by atoms with Crippen LogP contribution in [0.25, 0.3) is 49.7 Å². The van der Waals surface area contributed by atoms with Gasteiger partial charge in [-0.15, -0.1) is 17.5 Å². The molecule has 45 heavy (non-hydrogen) atoms. The summed E-state index contributed by atoms with van der Waals surface area (Å²) < 4.78 is 8.46. The average Bonchev–Trinajstić information content (AvgIpc) is 3.31. The van der Waals surface area contributed by atoms with Gasteiger partial charge in [0.25, 0.3) is 0 Å². The molecule has 3 aromatic heterocycles. The molecule has 0 aliphatic rings. The second-order valence-electron chi connectivity index (χ2n) is 12.6. The van der Waals surface area contributed by atoms with Gasteiger partial charge in [-0.05, 0) is 95.8 Å². The molecule has 0 unspecified atom stereocenters. The van der Waals surface area contributed by atoms with E-state index < -0.39 is 0 Å². The summed E-state index contributed by atoms with van der Waals surface area (Å²) in [5, 5.41) is 13.9. The van der Waals surface area contributed by atoms with E-state index in [4.69, 9.17) is 14.7 Å². The van der Waals surface area contributed by atoms with Crippen molar-refractivity contribution in [2.75, 3.05) is 0 Å². The number of phenols is 1. The van der Waals surface area contributed by atoms with Gasteiger partial charge < -0.3 is 14.4 Å². The summed E-state index contributed by atoms with van der Waals surface area (Å²) in [6.45, 7) is 13.0. The molecule has 0 bridgehead atoms. The second kappa shape index (κ2) is 11.5. The van der Waals surface area contributed by atoms with E-state index >= 15 is 0 Å². The van der Waals surface area contributed by atoms with Crippen LogP contribution in [-0.4, -0.2) is 19.6 Å². The van der Waals surface area contributed by atoms with Crippen LogP contribution in [-0.2, 0) is 25.8 Å². The van der Waals surface area contributed by atoms with Crippen molar-refractivity contribution in [1.82, 2.24) is 14.5 Å². The SMILES string of the molecule is Cc1cc(C)c(-c2ccc(O)c3nc(Oc4[c-]c5c(cc4)c4ccccc4n5-c4cc(C(C)(C)C)ccn4)ccc23)c(C)c1.[Pd]. The van der Waals surface area contributed by atoms with Crippen LogP contribution in [0.5, 0.6) is 17.4 Å². The van der Waals surface area contributed by atoms with Crippen LogP contribution in [0.4, 0.5) is 0 Å². The van der Waals surface area contributed by atoms with E-state index in [1.807, 2.05) is 36.5 Å². The number of aromatic hydroxyl groups is 1. The molecular formula is C39H34N3O2Pd-. The summed E-state index contributed by atoms with van der Waals surface area (Å²) in [4.78, 5) is 9.53. The summed E-state index contributed by atoms with van der Waals surface area (Å²) in [6.07, 6.45) is 1.87. The topological polar surface area (TPSA) is 60.2 Å². The zero-order valence-electron chi connectivity index (χ0n) is 26.2. The molecule has 7 aromatic rings. The minimum atomic E-state index is -0.0154. The smallest absolute Gasteiger partial charge is 0.217 e. The maximum atomic E-state index is 10.8. The third-order valence-corrected chi connectivity index (χ3v) is 8.37. The Kier molecular flexibility index (Phi) is 7.77. The Morgan fingerprint density at radius 1 is 0.800 bits per heavy atom. The third kappa shape index (κ3) is 5.39. The molecule has 228 valence electrons. The molecule has 5 nitrogen and oxygen atoms in total. The van der Waals surface area contributed by atoms with Gasteiger partial charge in [-0.25, -0.2) is 9.97 Å². The van der Waals surface area contributed by atoms with E-state index in [1.54, 1.807) is 6.07 Å². The van der Waals surface area contributed by atoms with Gasteiger partial charge in [0, 0.05) is 49.3 Å². The van der Waals surface area contributed by atoms with Crippen molar-refractivity contribution < 1.29 is 30.3 Å². The number of fused-ring (bicyclic) bond motifs is 4. The van der Waals surface area contributed by atoms with Gasteiger partial charge in [0.2, 0.25) is 5.88 Å². The average molecular weight is 683 g/mol. The minimum absolute atomic E-state index is 0. The Labute approximate surface area is 277 Å². The number of hydrogen-bond acceptors (Lipinski definition) is 4. The normalized spacial score (nSPS) is 11.7. The van der Waals surface area contributed by atoms with Gasteiger partial charge >= 0.3 is 0 Å². The summed E-state index contributed by atoms with van der Waals surface area (Å²) in [5.74, 6) is 1.86. The van der Waals surface area contributed by atoms with Gasteiger partial charge in [-0.2, -0.15) is 6.07 Å². The Morgan fingerprint density at radius 2 is 1.53 bits per heavy atom. The number of pyridine rings is 2. The number of hydrogen-bond donors (Lipinski definition) is 1. The molecule has 0 radical (unpaired) electrons. The van der Waals surface area contributed by atoms with E-state index in [9.17, 15) is 5.11 Å². The van der Waals surface area contributed by atoms with Crippen molar-refractivity contribution in [3.8, 4) is 34.3 Å². The first kappa shape index (κ1) is 30.5. The number of rotatable bonds is 4. The maximum absolute atomic E-state index is 10.8. The van der Waals surface area contributed by atoms with Gasteiger partial charge in [0.15, 0.2) is 0 Å². The van der Waals surface area contributed by atoms with Crippen LogP contribution in [0.3, 0.4) is 0 Å². The number of phenolic OH excluding ortho intramolecular Hbond substituents is 1. The predicted molar refractivity (Wildman–Crippen MR) is 179 cm³/mol. The fourth-order valence-electron chi connectivity index (χ4n) is 6.36. The number of ether oxygens (including phenoxy) is 1. The molecule has 0 amide bonds. The van der Waals surface area contributed by atoms with Gasteiger partial charge in [-0.3, -0.25) is 0 Å². The Hall–Kier alpha value is -4.50. The molecule has 0 atom stereocenters. The van der Waals surface area contributed by atoms with E-state index in [2.05, 4.69) is 101 Å². The quantitative estimate of drug-likeness (QED) is 0.148. The predicted octanol–water partition coefficient (Wildman–Crippen LogP) is 9.91. The third-order valence-electron chi connectivity index (χ3n) is 8.37. The van der Waals surface area contributed by atoms with Crippen molar-refractivity contribution in [3.05, 3.63) is 119 Å². The van der Waals surface area contributed by atoms with Gasteiger partial charge in [-0.1, -0.05) is 62.2 Å². The molecule has 0 aliphatic heterocycles. The monoisotopic (exact) mass is 682 g/mol. The first-order valence-electron chi connectivity index (χ1n) is 14.9. The molecule has 3 heterocycles. The first-order chi connectivity index (χ1) is 21.1. The number of benzene rings is 4. The summed E-state index contributed by atoms with van der Waals surface area (Å²) in [7, 11) is 0. The Bertz CT molecular complexity index is 2220. The molecule has 4 aromatic carbocycles. The van der Waals surface area contributed by atoms with Crippen LogP contribution < -0.4 is 4.74 Å². The van der Waals surface area contributed by atoms with Gasteiger partial charge in [0.05, 0.1) is 0 Å². The molecule has 7 rings (SSSR count). The van der Waals surface area contributed by atoms with E-state index in [-0.39, 0.29) is 31.6 Å². The molecule has 1 N–H and O–H groups in total. The van der Waals surface area contributed by atoms with Crippen molar-refractivity contribution in [2.45, 2.75) is 47.0 Å². The van der Waals surface area contributed by atoms with E-state index in [0.29, 0.717) is 17.1 Å². The van der Waals surface area contributed by atoms with E-state index in [0.717, 1.165) is 44.1 Å². The number of para-hydroxylation sites is 1. The molecular weight excluding hydrogens is 649 g/mol. The summed E-state index contributed by atoms with van der Waals surface area (Å²) >= 11 is 0. The van der Waals surface area contributed by atoms with Crippen molar-refractivity contribution in [2.24, 2.45) is 0 Å². The molecule has 0 fully saturated rings. The standard InChI is InChI=1S/C39H34N3O2.Pd/c1-23-19-24(2)37(25(3)20-23)30-13-15-34(43)38-31(30)14-16-36(41-38)44-27-11-12-29-28-9-7-8-10-32(28)42(33(29)22-27)35-21-26(17-18-40-35)39(4,5)6;/h7-21,43H,1-6H3;/q-1;. The van der Waals surface area contributed by atoms with Crippen molar-refractivity contribution >= 4 is 32.7 Å².